The van der Waals surface area contributed by atoms with E-state index in [1.807, 2.05) is 0 Å². The number of alkyl halides is 1. The Hall–Kier alpha value is -0.860. The summed E-state index contributed by atoms with van der Waals surface area (Å²) >= 11 is 7.90. The Morgan fingerprint density at radius 3 is 2.40 bits per heavy atom. The number of rotatable bonds is 5. The Kier molecular flexibility index (Phi) is 5.22. The Morgan fingerprint density at radius 2 is 1.85 bits per heavy atom. The summed E-state index contributed by atoms with van der Waals surface area (Å²) in [6.45, 7) is 6.61. The molecule has 0 bridgehead atoms. The van der Waals surface area contributed by atoms with Crippen molar-refractivity contribution in [2.24, 2.45) is 5.92 Å². The lowest BCUT2D eigenvalue weighted by atomic mass is 9.93. The molecule has 0 fully saturated rings. The number of aromatic nitrogens is 1. The van der Waals surface area contributed by atoms with Gasteiger partial charge in [0, 0.05) is 23.1 Å². The zero-order valence-corrected chi connectivity index (χ0v) is 14.0. The van der Waals surface area contributed by atoms with Gasteiger partial charge in [-0.05, 0) is 17.9 Å². The summed E-state index contributed by atoms with van der Waals surface area (Å²) in [5.74, 6) is 1.14. The minimum absolute atomic E-state index is 0.130. The van der Waals surface area contributed by atoms with Crippen LogP contribution in [0.3, 0.4) is 0 Å². The monoisotopic (exact) mass is 307 g/mol. The van der Waals surface area contributed by atoms with E-state index in [9.17, 15) is 0 Å². The normalized spacial score (nSPS) is 13.4. The standard InChI is InChI=1S/C17H22ClNS/c1-17(2,3)15-12-20-16(19-15)10-14(11-18)9-13-7-5-4-6-8-13/h4-8,12,14H,9-11H2,1-3H3. The Bertz CT molecular complexity index is 527. The molecule has 1 unspecified atom stereocenters. The molecule has 0 N–H and O–H groups in total. The van der Waals surface area contributed by atoms with Crippen molar-refractivity contribution in [2.45, 2.75) is 39.0 Å². The first-order chi connectivity index (χ1) is 9.49. The molecule has 0 spiro atoms. The van der Waals surface area contributed by atoms with Crippen LogP contribution in [0, 0.1) is 5.92 Å². The molecule has 0 aliphatic rings. The molecule has 20 heavy (non-hydrogen) atoms. The van der Waals surface area contributed by atoms with Crippen molar-refractivity contribution in [2.75, 3.05) is 5.88 Å². The van der Waals surface area contributed by atoms with E-state index in [1.165, 1.54) is 16.3 Å². The van der Waals surface area contributed by atoms with Crippen LogP contribution < -0.4 is 0 Å². The van der Waals surface area contributed by atoms with Crippen molar-refractivity contribution >= 4 is 22.9 Å². The second-order valence-electron chi connectivity index (χ2n) is 6.29. The van der Waals surface area contributed by atoms with Crippen LogP contribution in [0.15, 0.2) is 35.7 Å². The lowest BCUT2D eigenvalue weighted by molar-refractivity contribution is 0.556. The van der Waals surface area contributed by atoms with Gasteiger partial charge in [0.2, 0.25) is 0 Å². The van der Waals surface area contributed by atoms with Gasteiger partial charge in [0.1, 0.15) is 0 Å². The predicted octanol–water partition coefficient (Wildman–Crippen LogP) is 5.08. The van der Waals surface area contributed by atoms with Gasteiger partial charge in [-0.3, -0.25) is 0 Å². The van der Waals surface area contributed by atoms with Gasteiger partial charge >= 0.3 is 0 Å². The molecule has 108 valence electrons. The number of halogens is 1. The quantitative estimate of drug-likeness (QED) is 0.702. The van der Waals surface area contributed by atoms with Gasteiger partial charge in [-0.2, -0.15) is 0 Å². The number of thiazole rings is 1. The Morgan fingerprint density at radius 1 is 1.15 bits per heavy atom. The third kappa shape index (κ3) is 4.32. The van der Waals surface area contributed by atoms with Crippen molar-refractivity contribution < 1.29 is 0 Å². The van der Waals surface area contributed by atoms with Gasteiger partial charge in [0.05, 0.1) is 10.7 Å². The van der Waals surface area contributed by atoms with Gasteiger partial charge in [0.25, 0.3) is 0 Å². The van der Waals surface area contributed by atoms with Crippen molar-refractivity contribution in [3.63, 3.8) is 0 Å². The number of hydrogen-bond donors (Lipinski definition) is 0. The van der Waals surface area contributed by atoms with E-state index in [2.05, 4.69) is 56.5 Å². The second kappa shape index (κ2) is 6.73. The van der Waals surface area contributed by atoms with Gasteiger partial charge in [-0.1, -0.05) is 51.1 Å². The van der Waals surface area contributed by atoms with Crippen molar-refractivity contribution in [1.29, 1.82) is 0 Å². The first kappa shape index (κ1) is 15.5. The van der Waals surface area contributed by atoms with E-state index < -0.39 is 0 Å². The zero-order chi connectivity index (χ0) is 14.6. The molecule has 0 saturated heterocycles. The summed E-state index contributed by atoms with van der Waals surface area (Å²) in [6.07, 6.45) is 1.99. The van der Waals surface area contributed by atoms with E-state index in [-0.39, 0.29) is 5.41 Å². The van der Waals surface area contributed by atoms with Crippen LogP contribution in [0.25, 0.3) is 0 Å². The molecule has 0 aliphatic carbocycles. The maximum atomic E-state index is 6.14. The van der Waals surface area contributed by atoms with Crippen LogP contribution in [-0.4, -0.2) is 10.9 Å². The van der Waals surface area contributed by atoms with Crippen molar-refractivity contribution in [1.82, 2.24) is 4.98 Å². The molecule has 1 aromatic heterocycles. The molecule has 1 aromatic carbocycles. The fourth-order valence-electron chi connectivity index (χ4n) is 2.12. The highest BCUT2D eigenvalue weighted by molar-refractivity contribution is 7.09. The van der Waals surface area contributed by atoms with Crippen LogP contribution in [0.2, 0.25) is 0 Å². The third-order valence-corrected chi connectivity index (χ3v) is 4.68. The molecule has 1 nitrogen and oxygen atoms in total. The molecule has 0 aliphatic heterocycles. The van der Waals surface area contributed by atoms with Crippen LogP contribution in [-0.2, 0) is 18.3 Å². The van der Waals surface area contributed by atoms with Gasteiger partial charge in [-0.15, -0.1) is 22.9 Å². The summed E-state index contributed by atoms with van der Waals surface area (Å²) in [6, 6.07) is 10.6. The highest BCUT2D eigenvalue weighted by atomic mass is 35.5. The van der Waals surface area contributed by atoms with E-state index in [0.29, 0.717) is 11.8 Å². The van der Waals surface area contributed by atoms with Crippen molar-refractivity contribution in [3.8, 4) is 0 Å². The van der Waals surface area contributed by atoms with Crippen LogP contribution in [0.1, 0.15) is 37.0 Å². The first-order valence-electron chi connectivity index (χ1n) is 7.04. The fraction of sp³-hybridized carbons (Fsp3) is 0.471. The number of nitrogens with zero attached hydrogens (tertiary/aromatic N) is 1. The molecular weight excluding hydrogens is 286 g/mol. The Labute approximate surface area is 131 Å². The largest absolute Gasteiger partial charge is 0.246 e. The molecule has 0 amide bonds. The van der Waals surface area contributed by atoms with Crippen LogP contribution in [0.4, 0.5) is 0 Å². The van der Waals surface area contributed by atoms with Gasteiger partial charge in [0.15, 0.2) is 0 Å². The third-order valence-electron chi connectivity index (χ3n) is 3.37. The first-order valence-corrected chi connectivity index (χ1v) is 8.45. The van der Waals surface area contributed by atoms with Gasteiger partial charge in [-0.25, -0.2) is 4.98 Å². The minimum Gasteiger partial charge on any atom is -0.246 e. The molecule has 2 rings (SSSR count). The number of benzene rings is 1. The average molecular weight is 308 g/mol. The summed E-state index contributed by atoms with van der Waals surface area (Å²) in [5, 5.41) is 3.39. The highest BCUT2D eigenvalue weighted by Crippen LogP contribution is 2.26. The maximum Gasteiger partial charge on any atom is 0.0931 e. The molecule has 1 heterocycles. The molecule has 2 aromatic rings. The number of hydrogen-bond acceptors (Lipinski definition) is 2. The molecule has 0 radical (unpaired) electrons. The molecule has 0 saturated carbocycles. The lowest BCUT2D eigenvalue weighted by Gasteiger charge is -2.15. The highest BCUT2D eigenvalue weighted by Gasteiger charge is 2.19. The topological polar surface area (TPSA) is 12.9 Å². The smallest absolute Gasteiger partial charge is 0.0931 e. The summed E-state index contributed by atoms with van der Waals surface area (Å²) in [4.78, 5) is 4.77. The molecular formula is C17H22ClNS. The zero-order valence-electron chi connectivity index (χ0n) is 12.4. The second-order valence-corrected chi connectivity index (χ2v) is 7.54. The molecule has 3 heteroatoms. The summed E-state index contributed by atoms with van der Waals surface area (Å²) < 4.78 is 0. The van der Waals surface area contributed by atoms with Gasteiger partial charge < -0.3 is 0 Å². The summed E-state index contributed by atoms with van der Waals surface area (Å²) in [5.41, 5.74) is 2.67. The van der Waals surface area contributed by atoms with E-state index in [1.54, 1.807) is 11.3 Å². The van der Waals surface area contributed by atoms with Crippen LogP contribution in [0.5, 0.6) is 0 Å². The minimum atomic E-state index is 0.130. The van der Waals surface area contributed by atoms with E-state index in [4.69, 9.17) is 16.6 Å². The predicted molar refractivity (Wildman–Crippen MR) is 88.9 cm³/mol. The lowest BCUT2D eigenvalue weighted by Crippen LogP contribution is -2.13. The van der Waals surface area contributed by atoms with Crippen LogP contribution >= 0.6 is 22.9 Å². The average Bonchev–Trinajstić information content (AvgIpc) is 2.87. The molecule has 1 atom stereocenters. The summed E-state index contributed by atoms with van der Waals surface area (Å²) in [7, 11) is 0. The fourth-order valence-corrected chi connectivity index (χ4v) is 3.48. The Balaban J connectivity index is 2.01. The SMILES string of the molecule is CC(C)(C)c1csc(CC(CCl)Cc2ccccc2)n1. The van der Waals surface area contributed by atoms with E-state index >= 15 is 0 Å². The van der Waals surface area contributed by atoms with E-state index in [0.717, 1.165) is 12.8 Å². The maximum absolute atomic E-state index is 6.14. The van der Waals surface area contributed by atoms with Crippen molar-refractivity contribution in [3.05, 3.63) is 52.0 Å².